The lowest BCUT2D eigenvalue weighted by Gasteiger charge is -2.32. The minimum Gasteiger partial charge on any atom is -0.474 e. The Bertz CT molecular complexity index is 730. The highest BCUT2D eigenvalue weighted by Crippen LogP contribution is 2.24. The molecule has 0 bridgehead atoms. The molecule has 2 heterocycles. The van der Waals surface area contributed by atoms with E-state index in [9.17, 15) is 18.0 Å². The lowest BCUT2D eigenvalue weighted by Crippen LogP contribution is -2.41. The number of hydrogen-bond acceptors (Lipinski definition) is 5. The monoisotopic (exact) mass is 367 g/mol. The third-order valence-electron chi connectivity index (χ3n) is 3.91. The average molecular weight is 367 g/mol. The second kappa shape index (κ2) is 7.59. The molecule has 3 rings (SSSR count). The zero-order chi connectivity index (χ0) is 18.6. The topological polar surface area (TPSA) is 64.5 Å². The number of rotatable bonds is 4. The number of likely N-dealkylation sites (tertiary alicyclic amines) is 1. The number of piperidine rings is 1. The molecule has 1 aliphatic rings. The SMILES string of the molecule is O=C(c1ccc(OC(F)(F)F)cc1)N1CCC(Oc2ccncn2)CC1. The molecule has 0 saturated carbocycles. The maximum Gasteiger partial charge on any atom is 0.573 e. The van der Waals surface area contributed by atoms with Crippen LogP contribution in [0.2, 0.25) is 0 Å². The molecule has 0 unspecified atom stereocenters. The van der Waals surface area contributed by atoms with Crippen LogP contribution in [-0.4, -0.2) is 46.3 Å². The van der Waals surface area contributed by atoms with E-state index in [0.29, 0.717) is 37.4 Å². The Hall–Kier alpha value is -2.84. The van der Waals surface area contributed by atoms with Gasteiger partial charge < -0.3 is 14.4 Å². The first-order valence-corrected chi connectivity index (χ1v) is 7.98. The van der Waals surface area contributed by atoms with Crippen LogP contribution in [0.4, 0.5) is 13.2 Å². The molecule has 0 radical (unpaired) electrons. The largest absolute Gasteiger partial charge is 0.573 e. The number of benzene rings is 1. The maximum atomic E-state index is 12.5. The fourth-order valence-corrected chi connectivity index (χ4v) is 2.68. The normalized spacial score (nSPS) is 15.6. The average Bonchev–Trinajstić information content (AvgIpc) is 2.62. The highest BCUT2D eigenvalue weighted by atomic mass is 19.4. The maximum absolute atomic E-state index is 12.5. The zero-order valence-corrected chi connectivity index (χ0v) is 13.6. The van der Waals surface area contributed by atoms with Gasteiger partial charge >= 0.3 is 6.36 Å². The van der Waals surface area contributed by atoms with Gasteiger partial charge in [0.15, 0.2) is 0 Å². The van der Waals surface area contributed by atoms with Gasteiger partial charge in [-0.15, -0.1) is 13.2 Å². The van der Waals surface area contributed by atoms with E-state index in [1.165, 1.54) is 18.5 Å². The van der Waals surface area contributed by atoms with Gasteiger partial charge in [0.25, 0.3) is 5.91 Å². The van der Waals surface area contributed by atoms with E-state index in [4.69, 9.17) is 4.74 Å². The molecule has 9 heteroatoms. The number of carbonyl (C=O) groups is 1. The third kappa shape index (κ3) is 4.84. The summed E-state index contributed by atoms with van der Waals surface area (Å²) in [6, 6.07) is 6.58. The number of nitrogens with zero attached hydrogens (tertiary/aromatic N) is 3. The van der Waals surface area contributed by atoms with E-state index < -0.39 is 6.36 Å². The lowest BCUT2D eigenvalue weighted by molar-refractivity contribution is -0.274. The van der Waals surface area contributed by atoms with Crippen LogP contribution in [0.3, 0.4) is 0 Å². The van der Waals surface area contributed by atoms with Crippen molar-refractivity contribution in [1.29, 1.82) is 0 Å². The molecule has 2 aromatic rings. The van der Waals surface area contributed by atoms with Gasteiger partial charge in [0, 0.05) is 43.8 Å². The number of carbonyl (C=O) groups excluding carboxylic acids is 1. The van der Waals surface area contributed by atoms with Crippen molar-refractivity contribution in [2.75, 3.05) is 13.1 Å². The van der Waals surface area contributed by atoms with Crippen molar-refractivity contribution in [3.05, 3.63) is 48.4 Å². The summed E-state index contributed by atoms with van der Waals surface area (Å²) in [6.45, 7) is 0.991. The van der Waals surface area contributed by atoms with E-state index in [2.05, 4.69) is 14.7 Å². The molecule has 0 aliphatic carbocycles. The van der Waals surface area contributed by atoms with Crippen LogP contribution in [0, 0.1) is 0 Å². The zero-order valence-electron chi connectivity index (χ0n) is 13.6. The van der Waals surface area contributed by atoms with Crippen LogP contribution in [0.15, 0.2) is 42.9 Å². The highest BCUT2D eigenvalue weighted by molar-refractivity contribution is 5.94. The number of hydrogen-bond donors (Lipinski definition) is 0. The van der Waals surface area contributed by atoms with Crippen molar-refractivity contribution in [1.82, 2.24) is 14.9 Å². The highest BCUT2D eigenvalue weighted by Gasteiger charge is 2.31. The van der Waals surface area contributed by atoms with Gasteiger partial charge in [-0.25, -0.2) is 9.97 Å². The van der Waals surface area contributed by atoms with Crippen LogP contribution < -0.4 is 9.47 Å². The Morgan fingerprint density at radius 1 is 1.12 bits per heavy atom. The van der Waals surface area contributed by atoms with Gasteiger partial charge in [-0.1, -0.05) is 0 Å². The Balaban J connectivity index is 1.53. The van der Waals surface area contributed by atoms with Crippen molar-refractivity contribution in [2.24, 2.45) is 0 Å². The van der Waals surface area contributed by atoms with Crippen LogP contribution in [0.1, 0.15) is 23.2 Å². The first-order valence-electron chi connectivity index (χ1n) is 7.98. The van der Waals surface area contributed by atoms with E-state index in [1.54, 1.807) is 17.2 Å². The number of halogens is 3. The molecule has 1 aromatic heterocycles. The molecule has 0 atom stereocenters. The van der Waals surface area contributed by atoms with Crippen LogP contribution in [0.25, 0.3) is 0 Å². The summed E-state index contributed by atoms with van der Waals surface area (Å²) in [7, 11) is 0. The van der Waals surface area contributed by atoms with E-state index in [-0.39, 0.29) is 17.8 Å². The standard InChI is InChI=1S/C17H16F3N3O3/c18-17(19,20)26-14-3-1-12(2-4-14)16(24)23-9-6-13(7-10-23)25-15-5-8-21-11-22-15/h1-5,8,11,13H,6-7,9-10H2. The number of alkyl halides is 3. The Labute approximate surface area is 147 Å². The van der Waals surface area contributed by atoms with Gasteiger partial charge in [-0.05, 0) is 24.3 Å². The fraction of sp³-hybridized carbons (Fsp3) is 0.353. The summed E-state index contributed by atoms with van der Waals surface area (Å²) in [5.74, 6) is -0.0971. The van der Waals surface area contributed by atoms with Crippen molar-refractivity contribution in [2.45, 2.75) is 25.3 Å². The quantitative estimate of drug-likeness (QED) is 0.831. The Morgan fingerprint density at radius 3 is 2.38 bits per heavy atom. The molecule has 1 aromatic carbocycles. The van der Waals surface area contributed by atoms with E-state index in [0.717, 1.165) is 12.1 Å². The number of ether oxygens (including phenoxy) is 2. The van der Waals surface area contributed by atoms with Gasteiger partial charge in [-0.3, -0.25) is 4.79 Å². The first kappa shape index (κ1) is 18.0. The molecule has 1 aliphatic heterocycles. The summed E-state index contributed by atoms with van der Waals surface area (Å²) in [4.78, 5) is 21.9. The van der Waals surface area contributed by atoms with Crippen molar-refractivity contribution >= 4 is 5.91 Å². The molecule has 138 valence electrons. The van der Waals surface area contributed by atoms with Crippen molar-refractivity contribution in [3.8, 4) is 11.6 Å². The van der Waals surface area contributed by atoms with Gasteiger partial charge in [0.05, 0.1) is 0 Å². The molecule has 0 spiro atoms. The summed E-state index contributed by atoms with van der Waals surface area (Å²) in [6.07, 6.45) is -0.517. The predicted molar refractivity (Wildman–Crippen MR) is 84.7 cm³/mol. The predicted octanol–water partition coefficient (Wildman–Crippen LogP) is 3.06. The summed E-state index contributed by atoms with van der Waals surface area (Å²) in [5.41, 5.74) is 0.315. The van der Waals surface area contributed by atoms with E-state index in [1.807, 2.05) is 0 Å². The van der Waals surface area contributed by atoms with Gasteiger partial charge in [-0.2, -0.15) is 0 Å². The summed E-state index contributed by atoms with van der Waals surface area (Å²) in [5, 5.41) is 0. The third-order valence-corrected chi connectivity index (χ3v) is 3.91. The van der Waals surface area contributed by atoms with Crippen molar-refractivity contribution < 1.29 is 27.4 Å². The van der Waals surface area contributed by atoms with Gasteiger partial charge in [0.1, 0.15) is 18.2 Å². The van der Waals surface area contributed by atoms with Gasteiger partial charge in [0.2, 0.25) is 5.88 Å². The molecule has 1 fully saturated rings. The van der Waals surface area contributed by atoms with E-state index >= 15 is 0 Å². The van der Waals surface area contributed by atoms with Crippen LogP contribution in [-0.2, 0) is 0 Å². The Kier molecular flexibility index (Phi) is 5.24. The van der Waals surface area contributed by atoms with Crippen LogP contribution >= 0.6 is 0 Å². The fourth-order valence-electron chi connectivity index (χ4n) is 2.68. The second-order valence-corrected chi connectivity index (χ2v) is 5.73. The molecule has 6 nitrogen and oxygen atoms in total. The summed E-state index contributed by atoms with van der Waals surface area (Å²) >= 11 is 0. The molecule has 0 N–H and O–H groups in total. The van der Waals surface area contributed by atoms with Crippen LogP contribution in [0.5, 0.6) is 11.6 Å². The lowest BCUT2D eigenvalue weighted by atomic mass is 10.1. The minimum absolute atomic E-state index is 0.0449. The molecule has 1 saturated heterocycles. The smallest absolute Gasteiger partial charge is 0.474 e. The first-order chi connectivity index (χ1) is 12.4. The minimum atomic E-state index is -4.75. The molecule has 1 amide bonds. The number of amides is 1. The van der Waals surface area contributed by atoms with Crippen molar-refractivity contribution in [3.63, 3.8) is 0 Å². The molecular formula is C17H16F3N3O3. The molecular weight excluding hydrogens is 351 g/mol. The number of aromatic nitrogens is 2. The summed E-state index contributed by atoms with van der Waals surface area (Å²) < 4.78 is 46.0. The second-order valence-electron chi connectivity index (χ2n) is 5.73. The Morgan fingerprint density at radius 2 is 1.81 bits per heavy atom. The molecule has 26 heavy (non-hydrogen) atoms.